The van der Waals surface area contributed by atoms with Crippen LogP contribution in [0.2, 0.25) is 0 Å². The van der Waals surface area contributed by atoms with E-state index in [2.05, 4.69) is 6.58 Å². The van der Waals surface area contributed by atoms with E-state index in [0.29, 0.717) is 23.4 Å². The minimum Gasteiger partial charge on any atom is -0.285 e. The number of ketones is 2. The van der Waals surface area contributed by atoms with E-state index in [-0.39, 0.29) is 0 Å². The Morgan fingerprint density at radius 3 is 2.17 bits per heavy atom. The van der Waals surface area contributed by atoms with E-state index in [0.717, 1.165) is 16.9 Å². The SMILES string of the molecule is C=C1C2=C(c3ccccc3C(=O)C2=O)N(c2ccccc2)N1CC. The number of carbonyl (C=O) groups excluding carboxylic acids is 2. The van der Waals surface area contributed by atoms with Crippen LogP contribution in [0.5, 0.6) is 0 Å². The number of hydrazine groups is 1. The average molecular weight is 316 g/mol. The van der Waals surface area contributed by atoms with E-state index in [1.54, 1.807) is 12.1 Å². The first-order chi connectivity index (χ1) is 11.6. The number of allylic oxidation sites excluding steroid dienone is 1. The van der Waals surface area contributed by atoms with Gasteiger partial charge in [-0.05, 0) is 19.1 Å². The van der Waals surface area contributed by atoms with Gasteiger partial charge in [0, 0.05) is 17.7 Å². The van der Waals surface area contributed by atoms with Gasteiger partial charge < -0.3 is 0 Å². The van der Waals surface area contributed by atoms with Crippen LogP contribution in [0.1, 0.15) is 22.8 Å². The maximum absolute atomic E-state index is 12.7. The van der Waals surface area contributed by atoms with Gasteiger partial charge in [0.25, 0.3) is 0 Å². The molecule has 0 radical (unpaired) electrons. The third kappa shape index (κ3) is 1.80. The molecule has 0 aromatic heterocycles. The van der Waals surface area contributed by atoms with Gasteiger partial charge in [-0.1, -0.05) is 49.0 Å². The fourth-order valence-electron chi connectivity index (χ4n) is 3.39. The van der Waals surface area contributed by atoms with Gasteiger partial charge in [0.15, 0.2) is 0 Å². The lowest BCUT2D eigenvalue weighted by atomic mass is 9.87. The van der Waals surface area contributed by atoms with Crippen LogP contribution >= 0.6 is 0 Å². The van der Waals surface area contributed by atoms with Gasteiger partial charge in [-0.15, -0.1) is 0 Å². The van der Waals surface area contributed by atoms with Crippen molar-refractivity contribution in [2.45, 2.75) is 6.92 Å². The highest BCUT2D eigenvalue weighted by molar-refractivity contribution is 6.54. The van der Waals surface area contributed by atoms with E-state index in [1.807, 2.05) is 59.4 Å². The number of hydrogen-bond donors (Lipinski definition) is 0. The van der Waals surface area contributed by atoms with Gasteiger partial charge in [-0.3, -0.25) is 19.6 Å². The Morgan fingerprint density at radius 2 is 1.50 bits per heavy atom. The maximum Gasteiger partial charge on any atom is 0.237 e. The molecule has 1 aliphatic carbocycles. The molecule has 0 fully saturated rings. The fraction of sp³-hybridized carbons (Fsp3) is 0.100. The van der Waals surface area contributed by atoms with Crippen LogP contribution in [0.4, 0.5) is 5.69 Å². The lowest BCUT2D eigenvalue weighted by Gasteiger charge is -2.33. The summed E-state index contributed by atoms with van der Waals surface area (Å²) in [5, 5.41) is 3.92. The molecule has 2 aromatic rings. The van der Waals surface area contributed by atoms with E-state index in [4.69, 9.17) is 0 Å². The second-order valence-electron chi connectivity index (χ2n) is 5.74. The Morgan fingerprint density at radius 1 is 0.875 bits per heavy atom. The van der Waals surface area contributed by atoms with Crippen molar-refractivity contribution in [3.63, 3.8) is 0 Å². The molecule has 0 saturated heterocycles. The summed E-state index contributed by atoms with van der Waals surface area (Å²) < 4.78 is 0. The number of para-hydroxylation sites is 1. The lowest BCUT2D eigenvalue weighted by molar-refractivity contribution is -0.111. The molecule has 4 rings (SSSR count). The first-order valence-corrected chi connectivity index (χ1v) is 7.89. The summed E-state index contributed by atoms with van der Waals surface area (Å²) in [4.78, 5) is 25.2. The van der Waals surface area contributed by atoms with Crippen LogP contribution in [-0.2, 0) is 4.79 Å². The molecule has 118 valence electrons. The summed E-state index contributed by atoms with van der Waals surface area (Å²) in [6.45, 7) is 6.72. The Kier molecular flexibility index (Phi) is 3.13. The molecule has 0 saturated carbocycles. The molecule has 0 amide bonds. The average Bonchev–Trinajstić information content (AvgIpc) is 2.93. The number of likely N-dealkylation sites (N-methyl/N-ethyl adjacent to an activating group) is 1. The number of Topliss-reactive ketones (excluding diaryl/α,β-unsaturated/α-hetero) is 2. The normalized spacial score (nSPS) is 16.6. The van der Waals surface area contributed by atoms with Crippen LogP contribution in [0.15, 0.2) is 72.4 Å². The Hall–Kier alpha value is -3.14. The first kappa shape index (κ1) is 14.5. The van der Waals surface area contributed by atoms with Gasteiger partial charge in [0.05, 0.1) is 22.7 Å². The highest BCUT2D eigenvalue weighted by atomic mass is 16.2. The van der Waals surface area contributed by atoms with Crippen molar-refractivity contribution in [3.8, 4) is 0 Å². The molecule has 0 bridgehead atoms. The summed E-state index contributed by atoms with van der Waals surface area (Å²) in [6.07, 6.45) is 0. The summed E-state index contributed by atoms with van der Waals surface area (Å²) in [7, 11) is 0. The molecular formula is C20H16N2O2. The van der Waals surface area contributed by atoms with E-state index in [1.165, 1.54) is 0 Å². The fourth-order valence-corrected chi connectivity index (χ4v) is 3.39. The zero-order chi connectivity index (χ0) is 16.8. The van der Waals surface area contributed by atoms with Crippen molar-refractivity contribution >= 4 is 23.0 Å². The minimum atomic E-state index is -0.481. The quantitative estimate of drug-likeness (QED) is 0.796. The highest BCUT2D eigenvalue weighted by Gasteiger charge is 2.44. The zero-order valence-electron chi connectivity index (χ0n) is 13.3. The molecule has 1 heterocycles. The third-order valence-corrected chi connectivity index (χ3v) is 4.45. The lowest BCUT2D eigenvalue weighted by Crippen LogP contribution is -2.36. The van der Waals surface area contributed by atoms with Gasteiger partial charge >= 0.3 is 0 Å². The first-order valence-electron chi connectivity index (χ1n) is 7.89. The zero-order valence-corrected chi connectivity index (χ0v) is 13.3. The number of benzene rings is 2. The number of nitrogens with zero attached hydrogens (tertiary/aromatic N) is 2. The molecule has 4 nitrogen and oxygen atoms in total. The van der Waals surface area contributed by atoms with Crippen LogP contribution in [-0.4, -0.2) is 23.1 Å². The Balaban J connectivity index is 2.02. The Bertz CT molecular complexity index is 912. The van der Waals surface area contributed by atoms with Crippen LogP contribution in [0, 0.1) is 0 Å². The van der Waals surface area contributed by atoms with E-state index in [9.17, 15) is 9.59 Å². The van der Waals surface area contributed by atoms with Crippen molar-refractivity contribution in [2.24, 2.45) is 0 Å². The van der Waals surface area contributed by atoms with E-state index >= 15 is 0 Å². The number of rotatable bonds is 2. The largest absolute Gasteiger partial charge is 0.285 e. The standard InChI is InChI=1S/C20H16N2O2/c1-3-21-13(2)17-18(22(21)14-9-5-4-6-10-14)15-11-7-8-12-16(15)19(23)20(17)24/h4-12H,2-3H2,1H3. The molecule has 1 aliphatic heterocycles. The molecule has 0 N–H and O–H groups in total. The number of anilines is 1. The van der Waals surface area contributed by atoms with Gasteiger partial charge in [-0.25, -0.2) is 0 Å². The predicted octanol–water partition coefficient (Wildman–Crippen LogP) is 3.43. The van der Waals surface area contributed by atoms with Crippen molar-refractivity contribution in [1.29, 1.82) is 0 Å². The van der Waals surface area contributed by atoms with Crippen molar-refractivity contribution in [2.75, 3.05) is 11.6 Å². The maximum atomic E-state index is 12.7. The highest BCUT2D eigenvalue weighted by Crippen LogP contribution is 2.44. The predicted molar refractivity (Wildman–Crippen MR) is 93.1 cm³/mol. The molecule has 4 heteroatoms. The van der Waals surface area contributed by atoms with Crippen LogP contribution < -0.4 is 5.01 Å². The van der Waals surface area contributed by atoms with Gasteiger partial charge in [0.1, 0.15) is 0 Å². The second kappa shape index (κ2) is 5.20. The topological polar surface area (TPSA) is 40.6 Å². The van der Waals surface area contributed by atoms with Crippen molar-refractivity contribution in [1.82, 2.24) is 5.01 Å². The summed E-state index contributed by atoms with van der Waals surface area (Å²) in [6, 6.07) is 17.1. The monoisotopic (exact) mass is 316 g/mol. The van der Waals surface area contributed by atoms with Crippen LogP contribution in [0.3, 0.4) is 0 Å². The molecule has 0 atom stereocenters. The smallest absolute Gasteiger partial charge is 0.237 e. The molecule has 2 aliphatic rings. The second-order valence-corrected chi connectivity index (χ2v) is 5.74. The van der Waals surface area contributed by atoms with Crippen molar-refractivity contribution < 1.29 is 9.59 Å². The molecule has 2 aromatic carbocycles. The molecular weight excluding hydrogens is 300 g/mol. The summed E-state index contributed by atoms with van der Waals surface area (Å²) >= 11 is 0. The van der Waals surface area contributed by atoms with E-state index < -0.39 is 11.6 Å². The molecule has 0 spiro atoms. The number of carbonyl (C=O) groups is 2. The number of fused-ring (bicyclic) bond motifs is 2. The minimum absolute atomic E-state index is 0.407. The third-order valence-electron chi connectivity index (χ3n) is 4.45. The van der Waals surface area contributed by atoms with Crippen molar-refractivity contribution in [3.05, 3.63) is 83.6 Å². The van der Waals surface area contributed by atoms with Crippen LogP contribution in [0.25, 0.3) is 5.70 Å². The van der Waals surface area contributed by atoms with Gasteiger partial charge in [-0.2, -0.15) is 0 Å². The number of hydrogen-bond acceptors (Lipinski definition) is 4. The Labute approximate surface area is 140 Å². The summed E-state index contributed by atoms with van der Waals surface area (Å²) in [5.74, 6) is -0.943. The summed E-state index contributed by atoms with van der Waals surface area (Å²) in [5.41, 5.74) is 3.88. The molecule has 24 heavy (non-hydrogen) atoms. The van der Waals surface area contributed by atoms with Gasteiger partial charge in [0.2, 0.25) is 11.6 Å². The molecule has 0 unspecified atom stereocenters.